The van der Waals surface area contributed by atoms with Crippen LogP contribution in [0.4, 0.5) is 10.1 Å². The quantitative estimate of drug-likeness (QED) is 0.391. The summed E-state index contributed by atoms with van der Waals surface area (Å²) in [5.74, 6) is -2.16. The largest absolute Gasteiger partial charge is 0.477 e. The molecule has 10 heteroatoms. The first kappa shape index (κ1) is 22.9. The normalized spacial score (nSPS) is 10.3. The van der Waals surface area contributed by atoms with Crippen LogP contribution in [-0.2, 0) is 0 Å². The van der Waals surface area contributed by atoms with Crippen LogP contribution in [0.25, 0.3) is 10.9 Å². The van der Waals surface area contributed by atoms with Crippen molar-refractivity contribution >= 4 is 52.5 Å². The van der Waals surface area contributed by atoms with Gasteiger partial charge in [0.25, 0.3) is 5.91 Å². The minimum Gasteiger partial charge on any atom is -0.477 e. The van der Waals surface area contributed by atoms with Crippen LogP contribution in [0.2, 0.25) is 5.02 Å². The molecule has 4 rings (SSSR count). The number of nitrogens with zero attached hydrogens (tertiary/aromatic N) is 2. The zero-order valence-electron chi connectivity index (χ0n) is 16.1. The molecular formula is C22H14Cl2FN3O4. The standard InChI is InChI=1S/C22H13ClFN3O4.ClH/c23-16-10-13(24)5-8-19(16)31-21-15(9-12-3-1-2-4-17(12)27-21)20(28)26-14-6-7-18(22(29)30)25-11-14;/h1-11H,(H,26,28)(H,29,30);1H. The number of halogens is 3. The van der Waals surface area contributed by atoms with Crippen molar-refractivity contribution in [1.82, 2.24) is 9.97 Å². The highest BCUT2D eigenvalue weighted by molar-refractivity contribution is 6.32. The number of nitrogens with one attached hydrogen (secondary N) is 1. The number of fused-ring (bicyclic) bond motifs is 1. The topological polar surface area (TPSA) is 101 Å². The lowest BCUT2D eigenvalue weighted by Gasteiger charge is -2.13. The van der Waals surface area contributed by atoms with Crippen molar-refractivity contribution in [2.24, 2.45) is 0 Å². The molecule has 0 saturated carbocycles. The zero-order chi connectivity index (χ0) is 22.0. The molecule has 2 aromatic carbocycles. The Morgan fingerprint density at radius 1 is 1.06 bits per heavy atom. The molecule has 32 heavy (non-hydrogen) atoms. The number of pyridine rings is 2. The molecule has 0 atom stereocenters. The van der Waals surface area contributed by atoms with E-state index in [4.69, 9.17) is 21.4 Å². The van der Waals surface area contributed by atoms with E-state index < -0.39 is 17.7 Å². The van der Waals surface area contributed by atoms with Crippen molar-refractivity contribution in [3.05, 3.63) is 89.0 Å². The van der Waals surface area contributed by atoms with Crippen LogP contribution in [0.1, 0.15) is 20.8 Å². The maximum Gasteiger partial charge on any atom is 0.354 e. The third-order valence-electron chi connectivity index (χ3n) is 4.27. The molecule has 0 unspecified atom stereocenters. The Bertz CT molecular complexity index is 1320. The highest BCUT2D eigenvalue weighted by Gasteiger charge is 2.18. The molecule has 0 aliphatic rings. The molecule has 162 valence electrons. The molecule has 2 N–H and O–H groups in total. The number of aromatic carboxylic acids is 1. The molecule has 0 radical (unpaired) electrons. The Hall–Kier alpha value is -3.75. The number of hydrogen-bond acceptors (Lipinski definition) is 5. The number of rotatable bonds is 5. The predicted octanol–water partition coefficient (Wildman–Crippen LogP) is 5.59. The number of hydrogen-bond donors (Lipinski definition) is 2. The zero-order valence-corrected chi connectivity index (χ0v) is 17.7. The van der Waals surface area contributed by atoms with Gasteiger partial charge in [-0.25, -0.2) is 19.2 Å². The molecule has 2 heterocycles. The van der Waals surface area contributed by atoms with Crippen LogP contribution in [0.3, 0.4) is 0 Å². The summed E-state index contributed by atoms with van der Waals surface area (Å²) < 4.78 is 19.1. The molecule has 0 aliphatic heterocycles. The third-order valence-corrected chi connectivity index (χ3v) is 4.57. The smallest absolute Gasteiger partial charge is 0.354 e. The summed E-state index contributed by atoms with van der Waals surface area (Å²) in [6, 6.07) is 15.0. The summed E-state index contributed by atoms with van der Waals surface area (Å²) >= 11 is 6.05. The number of carboxylic acid groups (broad SMARTS) is 1. The van der Waals surface area contributed by atoms with Gasteiger partial charge < -0.3 is 15.2 Å². The Labute approximate surface area is 192 Å². The summed E-state index contributed by atoms with van der Waals surface area (Å²) in [5.41, 5.74) is 0.815. The van der Waals surface area contributed by atoms with Gasteiger partial charge in [0, 0.05) is 5.39 Å². The highest BCUT2D eigenvalue weighted by atomic mass is 35.5. The van der Waals surface area contributed by atoms with E-state index in [1.54, 1.807) is 30.3 Å². The molecular weight excluding hydrogens is 460 g/mol. The molecule has 7 nitrogen and oxygen atoms in total. The first-order valence-corrected chi connectivity index (χ1v) is 9.32. The van der Waals surface area contributed by atoms with Crippen molar-refractivity contribution in [3.8, 4) is 11.6 Å². The maximum absolute atomic E-state index is 13.4. The number of carbonyl (C=O) groups excluding carboxylic acids is 1. The van der Waals surface area contributed by atoms with Gasteiger partial charge in [0.1, 0.15) is 22.8 Å². The monoisotopic (exact) mass is 473 g/mol. The number of benzene rings is 2. The van der Waals surface area contributed by atoms with Gasteiger partial charge in [0.05, 0.1) is 22.4 Å². The first-order valence-electron chi connectivity index (χ1n) is 8.94. The maximum atomic E-state index is 13.4. The van der Waals surface area contributed by atoms with Gasteiger partial charge in [-0.3, -0.25) is 4.79 Å². The first-order chi connectivity index (χ1) is 14.9. The number of aromatic nitrogens is 2. The van der Waals surface area contributed by atoms with Crippen molar-refractivity contribution in [1.29, 1.82) is 0 Å². The van der Waals surface area contributed by atoms with Crippen molar-refractivity contribution in [3.63, 3.8) is 0 Å². The molecule has 2 aromatic heterocycles. The number of ether oxygens (including phenoxy) is 1. The third kappa shape index (κ3) is 4.93. The van der Waals surface area contributed by atoms with E-state index in [-0.39, 0.29) is 46.0 Å². The second-order valence-electron chi connectivity index (χ2n) is 6.40. The van der Waals surface area contributed by atoms with Crippen LogP contribution in [0, 0.1) is 5.82 Å². The minimum atomic E-state index is -1.18. The number of amides is 1. The van der Waals surface area contributed by atoms with Crippen LogP contribution in [-0.4, -0.2) is 27.0 Å². The lowest BCUT2D eigenvalue weighted by molar-refractivity contribution is 0.0690. The van der Waals surface area contributed by atoms with Crippen LogP contribution in [0.5, 0.6) is 11.6 Å². The van der Waals surface area contributed by atoms with Gasteiger partial charge in [-0.15, -0.1) is 12.4 Å². The van der Waals surface area contributed by atoms with E-state index >= 15 is 0 Å². The fraction of sp³-hybridized carbons (Fsp3) is 0. The SMILES string of the molecule is Cl.O=C(O)c1ccc(NC(=O)c2cc3ccccc3nc2Oc2ccc(F)cc2Cl)cn1. The predicted molar refractivity (Wildman–Crippen MR) is 120 cm³/mol. The van der Waals surface area contributed by atoms with E-state index in [0.717, 1.165) is 6.07 Å². The number of carbonyl (C=O) groups is 2. The van der Waals surface area contributed by atoms with Gasteiger partial charge >= 0.3 is 5.97 Å². The number of anilines is 1. The van der Waals surface area contributed by atoms with Crippen LogP contribution in [0.15, 0.2) is 66.9 Å². The Morgan fingerprint density at radius 3 is 2.53 bits per heavy atom. The van der Waals surface area contributed by atoms with E-state index in [2.05, 4.69) is 15.3 Å². The molecule has 0 fully saturated rings. The fourth-order valence-electron chi connectivity index (χ4n) is 2.79. The van der Waals surface area contributed by atoms with Gasteiger partial charge in [0.2, 0.25) is 5.88 Å². The molecule has 4 aromatic rings. The van der Waals surface area contributed by atoms with Gasteiger partial charge in [0.15, 0.2) is 0 Å². The number of para-hydroxylation sites is 1. The van der Waals surface area contributed by atoms with Crippen molar-refractivity contribution in [2.75, 3.05) is 5.32 Å². The van der Waals surface area contributed by atoms with Crippen LogP contribution >= 0.6 is 24.0 Å². The van der Waals surface area contributed by atoms with E-state index in [1.165, 1.54) is 30.5 Å². The lowest BCUT2D eigenvalue weighted by Crippen LogP contribution is -2.14. The van der Waals surface area contributed by atoms with Crippen LogP contribution < -0.4 is 10.1 Å². The van der Waals surface area contributed by atoms with Gasteiger partial charge in [-0.1, -0.05) is 29.8 Å². The summed E-state index contributed by atoms with van der Waals surface area (Å²) in [6.07, 6.45) is 1.23. The van der Waals surface area contributed by atoms with E-state index in [0.29, 0.717) is 10.9 Å². The van der Waals surface area contributed by atoms with Crippen molar-refractivity contribution in [2.45, 2.75) is 0 Å². The molecule has 0 saturated heterocycles. The average molecular weight is 474 g/mol. The molecule has 1 amide bonds. The van der Waals surface area contributed by atoms with Gasteiger partial charge in [-0.2, -0.15) is 0 Å². The Balaban J connectivity index is 0.00000289. The Morgan fingerprint density at radius 2 is 1.84 bits per heavy atom. The summed E-state index contributed by atoms with van der Waals surface area (Å²) in [5, 5.41) is 12.3. The van der Waals surface area contributed by atoms with Gasteiger partial charge in [-0.05, 0) is 42.5 Å². The molecule has 0 bridgehead atoms. The average Bonchev–Trinajstić information content (AvgIpc) is 2.75. The molecule has 0 aliphatic carbocycles. The summed E-state index contributed by atoms with van der Waals surface area (Å²) in [6.45, 7) is 0. The second-order valence-corrected chi connectivity index (χ2v) is 6.81. The van der Waals surface area contributed by atoms with E-state index in [1.807, 2.05) is 0 Å². The minimum absolute atomic E-state index is 0. The van der Waals surface area contributed by atoms with Crippen molar-refractivity contribution < 1.29 is 23.8 Å². The van der Waals surface area contributed by atoms with E-state index in [9.17, 15) is 14.0 Å². The second kappa shape index (κ2) is 9.59. The Kier molecular flexibility index (Phi) is 6.87. The molecule has 0 spiro atoms. The fourth-order valence-corrected chi connectivity index (χ4v) is 3.00. The summed E-state index contributed by atoms with van der Waals surface area (Å²) in [7, 11) is 0. The number of carboxylic acids is 1. The highest BCUT2D eigenvalue weighted by Crippen LogP contribution is 2.32. The summed E-state index contributed by atoms with van der Waals surface area (Å²) in [4.78, 5) is 32.1. The lowest BCUT2D eigenvalue weighted by atomic mass is 10.1.